The van der Waals surface area contributed by atoms with Gasteiger partial charge in [-0.3, -0.25) is 4.98 Å². The topological polar surface area (TPSA) is 76.9 Å². The van der Waals surface area contributed by atoms with E-state index in [1.807, 2.05) is 24.4 Å². The van der Waals surface area contributed by atoms with Crippen LogP contribution in [-0.2, 0) is 5.41 Å². The van der Waals surface area contributed by atoms with E-state index in [9.17, 15) is 0 Å². The summed E-state index contributed by atoms with van der Waals surface area (Å²) in [5, 5.41) is 0. The van der Waals surface area contributed by atoms with Gasteiger partial charge in [0, 0.05) is 50.2 Å². The lowest BCUT2D eigenvalue weighted by Gasteiger charge is -2.41. The van der Waals surface area contributed by atoms with Crippen LogP contribution < -0.4 is 9.64 Å². The molecule has 0 fully saturated rings. The average Bonchev–Trinajstić information content (AvgIpc) is 3.72. The molecule has 2 aliphatic heterocycles. The highest BCUT2D eigenvalue weighted by Gasteiger charge is 2.53. The molecule has 0 saturated carbocycles. The molecule has 1 unspecified atom stereocenters. The molecule has 5 heterocycles. The normalized spacial score (nSPS) is 14.6. The molecule has 72 heavy (non-hydrogen) atoms. The van der Waals surface area contributed by atoms with Gasteiger partial charge in [0.1, 0.15) is 11.5 Å². The fourth-order valence-corrected chi connectivity index (χ4v) is 12.1. The fourth-order valence-electron chi connectivity index (χ4n) is 10.9. The highest BCUT2D eigenvalue weighted by Crippen LogP contribution is 2.65. The molecule has 8 aromatic carbocycles. The molecule has 1 atom stereocenters. The predicted molar refractivity (Wildman–Crippen MR) is 288 cm³/mol. The van der Waals surface area contributed by atoms with Crippen LogP contribution in [0.3, 0.4) is 0 Å². The molecule has 0 radical (unpaired) electrons. The monoisotopic (exact) mass is 942 g/mol. The third-order valence-electron chi connectivity index (χ3n) is 14.1. The standard InChI is InChI=1S/C64H42N6OS/c1-39-15-10-21-44(35-39)61-67-62(45-22-11-16-40(2)36-45)69-63(68-61)46-23-12-20-43(37-46)52-32-30-50-58(66-52)57-49(26-14-34-65-57)64(50)48-25-6-8-28-55(48)71-59-51(64)31-33-54-60(59)72-56-29-9-7-27-53(56)70(54)47-24-13-19-42(38-47)41-17-4-3-5-18-41/h3-38H,1-2H3. The van der Waals surface area contributed by atoms with Crippen LogP contribution in [0, 0.1) is 13.8 Å². The number of pyridine rings is 2. The number of nitrogens with zero attached hydrogens (tertiary/aromatic N) is 6. The predicted octanol–water partition coefficient (Wildman–Crippen LogP) is 16.0. The maximum atomic E-state index is 7.21. The van der Waals surface area contributed by atoms with Crippen molar-refractivity contribution in [3.05, 3.63) is 252 Å². The number of aryl methyl sites for hydroxylation is 2. The van der Waals surface area contributed by atoms with Crippen LogP contribution in [-0.4, -0.2) is 24.9 Å². The van der Waals surface area contributed by atoms with E-state index in [1.165, 1.54) is 5.56 Å². The molecule has 3 aliphatic rings. The zero-order chi connectivity index (χ0) is 47.9. The molecule has 1 aliphatic carbocycles. The number of benzene rings is 8. The van der Waals surface area contributed by atoms with Crippen molar-refractivity contribution in [1.82, 2.24) is 24.9 Å². The first-order valence-corrected chi connectivity index (χ1v) is 25.0. The average molecular weight is 943 g/mol. The van der Waals surface area contributed by atoms with Crippen LogP contribution in [0.2, 0.25) is 0 Å². The molecule has 340 valence electrons. The van der Waals surface area contributed by atoms with Gasteiger partial charge in [0.25, 0.3) is 0 Å². The summed E-state index contributed by atoms with van der Waals surface area (Å²) in [6.07, 6.45) is 1.88. The lowest BCUT2D eigenvalue weighted by atomic mass is 9.66. The quantitative estimate of drug-likeness (QED) is 0.163. The van der Waals surface area contributed by atoms with E-state index < -0.39 is 5.41 Å². The molecule has 0 amide bonds. The first-order valence-electron chi connectivity index (χ1n) is 24.1. The Morgan fingerprint density at radius 3 is 1.82 bits per heavy atom. The molecule has 0 bridgehead atoms. The van der Waals surface area contributed by atoms with Crippen molar-refractivity contribution in [1.29, 1.82) is 0 Å². The SMILES string of the molecule is Cc1cccc(-c2nc(-c3cccc(C)c3)nc(-c3cccc(-c4ccc5c(n4)-c4ncccc4C54c5ccccc5Oc5c4ccc4c5Sc5ccccc5N4c4cccc(-c5ccccc5)c4)c3)n2)c1. The van der Waals surface area contributed by atoms with Gasteiger partial charge in [-0.2, -0.15) is 0 Å². The minimum Gasteiger partial charge on any atom is -0.455 e. The molecular formula is C64H42N6OS. The fraction of sp³-hybridized carbons (Fsp3) is 0.0469. The van der Waals surface area contributed by atoms with Crippen molar-refractivity contribution in [2.24, 2.45) is 0 Å². The first kappa shape index (κ1) is 41.9. The van der Waals surface area contributed by atoms with E-state index in [2.05, 4.69) is 213 Å². The van der Waals surface area contributed by atoms with Gasteiger partial charge in [0.2, 0.25) is 0 Å². The zero-order valence-corrected chi connectivity index (χ0v) is 40.1. The minimum atomic E-state index is -0.773. The third-order valence-corrected chi connectivity index (χ3v) is 15.3. The zero-order valence-electron chi connectivity index (χ0n) is 39.3. The van der Waals surface area contributed by atoms with E-state index in [1.54, 1.807) is 11.8 Å². The van der Waals surface area contributed by atoms with Gasteiger partial charge in [0.15, 0.2) is 17.5 Å². The number of anilines is 3. The van der Waals surface area contributed by atoms with E-state index in [0.717, 1.165) is 117 Å². The summed E-state index contributed by atoms with van der Waals surface area (Å²) in [5.74, 6) is 3.48. The molecule has 3 aromatic heterocycles. The number of aromatic nitrogens is 5. The number of rotatable bonds is 6. The Balaban J connectivity index is 0.922. The lowest BCUT2D eigenvalue weighted by Crippen LogP contribution is -2.33. The Morgan fingerprint density at radius 1 is 0.431 bits per heavy atom. The molecule has 14 rings (SSSR count). The second kappa shape index (κ2) is 16.6. The molecule has 11 aromatic rings. The van der Waals surface area contributed by atoms with Gasteiger partial charge in [-0.15, -0.1) is 0 Å². The minimum absolute atomic E-state index is 0.591. The summed E-state index contributed by atoms with van der Waals surface area (Å²) in [4.78, 5) is 30.5. The molecule has 0 saturated heterocycles. The van der Waals surface area contributed by atoms with Crippen molar-refractivity contribution in [2.75, 3.05) is 4.90 Å². The van der Waals surface area contributed by atoms with Crippen molar-refractivity contribution >= 4 is 28.8 Å². The lowest BCUT2D eigenvalue weighted by molar-refractivity contribution is 0.426. The Hall–Kier alpha value is -8.98. The maximum Gasteiger partial charge on any atom is 0.164 e. The smallest absolute Gasteiger partial charge is 0.164 e. The van der Waals surface area contributed by atoms with Crippen LogP contribution in [0.25, 0.3) is 67.9 Å². The van der Waals surface area contributed by atoms with Crippen LogP contribution in [0.5, 0.6) is 11.5 Å². The van der Waals surface area contributed by atoms with Gasteiger partial charge in [0.05, 0.1) is 38.8 Å². The van der Waals surface area contributed by atoms with E-state index in [0.29, 0.717) is 17.5 Å². The molecule has 0 N–H and O–H groups in total. The van der Waals surface area contributed by atoms with E-state index in [-0.39, 0.29) is 0 Å². The third kappa shape index (κ3) is 6.63. The number of hydrogen-bond donors (Lipinski definition) is 0. The van der Waals surface area contributed by atoms with Crippen LogP contribution >= 0.6 is 11.8 Å². The van der Waals surface area contributed by atoms with Crippen LogP contribution in [0.15, 0.2) is 228 Å². The number of fused-ring (bicyclic) bond motifs is 12. The van der Waals surface area contributed by atoms with Crippen molar-refractivity contribution in [3.63, 3.8) is 0 Å². The summed E-state index contributed by atoms with van der Waals surface area (Å²) >= 11 is 1.76. The molecule has 8 heteroatoms. The Bertz CT molecular complexity index is 3940. The van der Waals surface area contributed by atoms with E-state index >= 15 is 0 Å². The molecule has 7 nitrogen and oxygen atoms in total. The summed E-state index contributed by atoms with van der Waals surface area (Å²) in [6, 6.07) is 74.7. The van der Waals surface area contributed by atoms with Gasteiger partial charge >= 0.3 is 0 Å². The Labute approximate surface area is 421 Å². The van der Waals surface area contributed by atoms with E-state index in [4.69, 9.17) is 29.7 Å². The highest BCUT2D eigenvalue weighted by atomic mass is 32.2. The number of para-hydroxylation sites is 2. The maximum absolute atomic E-state index is 7.21. The summed E-state index contributed by atoms with van der Waals surface area (Å²) in [6.45, 7) is 4.17. The number of ether oxygens (including phenoxy) is 1. The molecule has 1 spiro atoms. The van der Waals surface area contributed by atoms with Crippen LogP contribution in [0.1, 0.15) is 33.4 Å². The van der Waals surface area contributed by atoms with Crippen LogP contribution in [0.4, 0.5) is 17.1 Å². The number of hydrogen-bond acceptors (Lipinski definition) is 8. The Morgan fingerprint density at radius 2 is 1.04 bits per heavy atom. The summed E-state index contributed by atoms with van der Waals surface area (Å²) < 4.78 is 7.21. The van der Waals surface area contributed by atoms with Crippen molar-refractivity contribution < 1.29 is 4.74 Å². The first-order chi connectivity index (χ1) is 35.5. The second-order valence-electron chi connectivity index (χ2n) is 18.6. The molecular weight excluding hydrogens is 901 g/mol. The van der Waals surface area contributed by atoms with Gasteiger partial charge in [-0.1, -0.05) is 168 Å². The largest absolute Gasteiger partial charge is 0.455 e. The summed E-state index contributed by atoms with van der Waals surface area (Å²) in [5.41, 5.74) is 17.5. The highest BCUT2D eigenvalue weighted by molar-refractivity contribution is 7.99. The van der Waals surface area contributed by atoms with Crippen molar-refractivity contribution in [3.8, 4) is 79.4 Å². The Kier molecular flexibility index (Phi) is 9.66. The summed E-state index contributed by atoms with van der Waals surface area (Å²) in [7, 11) is 0. The van der Waals surface area contributed by atoms with Gasteiger partial charge < -0.3 is 9.64 Å². The van der Waals surface area contributed by atoms with Gasteiger partial charge in [-0.25, -0.2) is 19.9 Å². The van der Waals surface area contributed by atoms with Crippen molar-refractivity contribution in [2.45, 2.75) is 29.1 Å². The van der Waals surface area contributed by atoms with Gasteiger partial charge in [-0.05, 0) is 103 Å². The second-order valence-corrected chi connectivity index (χ2v) is 19.6.